The van der Waals surface area contributed by atoms with Gasteiger partial charge in [-0.1, -0.05) is 44.0 Å². The largest absolute Gasteiger partial charge is 0.454 e. The Labute approximate surface area is 196 Å². The van der Waals surface area contributed by atoms with Gasteiger partial charge >= 0.3 is 0 Å². The molecule has 3 heterocycles. The van der Waals surface area contributed by atoms with E-state index in [1.807, 2.05) is 35.9 Å². The van der Waals surface area contributed by atoms with Crippen LogP contribution in [0, 0.1) is 10.1 Å². The second-order valence-electron chi connectivity index (χ2n) is 7.74. The molecule has 7 nitrogen and oxygen atoms in total. The van der Waals surface area contributed by atoms with E-state index < -0.39 is 0 Å². The van der Waals surface area contributed by atoms with Gasteiger partial charge in [0.05, 0.1) is 22.1 Å². The van der Waals surface area contributed by atoms with E-state index in [4.69, 9.17) is 9.47 Å². The number of alkyl halides is 1. The average Bonchev–Trinajstić information content (AvgIpc) is 3.35. The van der Waals surface area contributed by atoms with E-state index >= 15 is 0 Å². The predicted molar refractivity (Wildman–Crippen MR) is 123 cm³/mol. The number of hydrogen-bond acceptors (Lipinski definition) is 5. The zero-order valence-corrected chi connectivity index (χ0v) is 19.8. The van der Waals surface area contributed by atoms with Crippen LogP contribution in [0.1, 0.15) is 28.4 Å². The first-order valence-electron chi connectivity index (χ1n) is 9.78. The standard InChI is InChI=1S/C22H19Br2N3O4/c1-25-11-16(27(28)29)8-18(25)22-17-9-20-19(30-12-31-20)6-14(17)7-21(24)26(22)10-13-2-4-15(23)5-3-13/h2-6,8-9,11,21-22H,7,10,12H2,1H3. The maximum atomic E-state index is 11.4. The number of nitro groups is 1. The van der Waals surface area contributed by atoms with Crippen molar-refractivity contribution >= 4 is 37.5 Å². The SMILES string of the molecule is Cn1cc([N+](=O)[O-])cc1C1c2cc3c(cc2CC(Br)N1Cc1ccc(Br)cc1)OCO3. The summed E-state index contributed by atoms with van der Waals surface area (Å²) < 4.78 is 14.1. The second-order valence-corrected chi connectivity index (χ2v) is 9.71. The summed E-state index contributed by atoms with van der Waals surface area (Å²) in [5.41, 5.74) is 4.32. The number of ether oxygens (including phenoxy) is 2. The summed E-state index contributed by atoms with van der Waals surface area (Å²) in [6.45, 7) is 0.888. The molecule has 0 saturated carbocycles. The lowest BCUT2D eigenvalue weighted by Crippen LogP contribution is -2.41. The monoisotopic (exact) mass is 547 g/mol. The third-order valence-corrected chi connectivity index (χ3v) is 7.19. The molecule has 160 valence electrons. The fourth-order valence-electron chi connectivity index (χ4n) is 4.33. The minimum Gasteiger partial charge on any atom is -0.454 e. The van der Waals surface area contributed by atoms with Crippen LogP contribution in [0.4, 0.5) is 5.69 Å². The normalized spacial score (nSPS) is 20.0. The fourth-order valence-corrected chi connectivity index (χ4v) is 5.32. The van der Waals surface area contributed by atoms with Crippen LogP contribution in [0.3, 0.4) is 0 Å². The number of nitrogens with zero attached hydrogens (tertiary/aromatic N) is 3. The zero-order valence-electron chi connectivity index (χ0n) is 16.6. The number of benzene rings is 2. The highest BCUT2D eigenvalue weighted by Crippen LogP contribution is 2.46. The van der Waals surface area contributed by atoms with E-state index in [1.165, 1.54) is 0 Å². The summed E-state index contributed by atoms with van der Waals surface area (Å²) in [5.74, 6) is 1.46. The molecule has 0 spiro atoms. The molecule has 0 aliphatic carbocycles. The third kappa shape index (κ3) is 3.75. The van der Waals surface area contributed by atoms with Gasteiger partial charge in [0, 0.05) is 29.8 Å². The summed E-state index contributed by atoms with van der Waals surface area (Å²) in [4.78, 5) is 13.5. The number of rotatable bonds is 4. The van der Waals surface area contributed by atoms with Crippen LogP contribution in [0.15, 0.2) is 53.1 Å². The summed E-state index contributed by atoms with van der Waals surface area (Å²) in [6.07, 6.45) is 2.35. The molecule has 2 aliphatic rings. The summed E-state index contributed by atoms with van der Waals surface area (Å²) in [5, 5.41) is 11.4. The van der Waals surface area contributed by atoms with Crippen LogP contribution in [-0.4, -0.2) is 26.1 Å². The van der Waals surface area contributed by atoms with E-state index in [2.05, 4.69) is 48.9 Å². The highest BCUT2D eigenvalue weighted by molar-refractivity contribution is 9.10. The Bertz CT molecular complexity index is 1160. The molecule has 0 bridgehead atoms. The van der Waals surface area contributed by atoms with Crippen molar-refractivity contribution in [3.8, 4) is 11.5 Å². The van der Waals surface area contributed by atoms with Crippen molar-refractivity contribution in [1.82, 2.24) is 9.47 Å². The first-order chi connectivity index (χ1) is 14.9. The first-order valence-corrected chi connectivity index (χ1v) is 11.5. The molecule has 2 unspecified atom stereocenters. The Hall–Kier alpha value is -2.36. The van der Waals surface area contributed by atoms with E-state index in [0.717, 1.165) is 39.0 Å². The Morgan fingerprint density at radius 2 is 1.87 bits per heavy atom. The Morgan fingerprint density at radius 3 is 2.55 bits per heavy atom. The van der Waals surface area contributed by atoms with Gasteiger partial charge in [0.25, 0.3) is 5.69 Å². The number of fused-ring (bicyclic) bond motifs is 2. The highest BCUT2D eigenvalue weighted by Gasteiger charge is 2.38. The lowest BCUT2D eigenvalue weighted by Gasteiger charge is -2.41. The van der Waals surface area contributed by atoms with Gasteiger partial charge in [-0.05, 0) is 47.4 Å². The van der Waals surface area contributed by atoms with Crippen molar-refractivity contribution in [3.05, 3.63) is 85.6 Å². The molecule has 2 aromatic carbocycles. The second kappa shape index (κ2) is 7.96. The predicted octanol–water partition coefficient (Wildman–Crippen LogP) is 5.29. The van der Waals surface area contributed by atoms with Crippen LogP contribution < -0.4 is 9.47 Å². The molecule has 0 radical (unpaired) electrons. The quantitative estimate of drug-likeness (QED) is 0.192. The average molecular weight is 549 g/mol. The van der Waals surface area contributed by atoms with Crippen LogP contribution in [0.2, 0.25) is 0 Å². The molecule has 2 aliphatic heterocycles. The van der Waals surface area contributed by atoms with Crippen molar-refractivity contribution in [2.24, 2.45) is 7.05 Å². The smallest absolute Gasteiger partial charge is 0.287 e. The summed E-state index contributed by atoms with van der Waals surface area (Å²) in [7, 11) is 1.85. The van der Waals surface area contributed by atoms with Crippen LogP contribution in [-0.2, 0) is 20.0 Å². The third-order valence-electron chi connectivity index (χ3n) is 5.81. The van der Waals surface area contributed by atoms with Gasteiger partial charge in [0.15, 0.2) is 11.5 Å². The van der Waals surface area contributed by atoms with Crippen LogP contribution >= 0.6 is 31.9 Å². The lowest BCUT2D eigenvalue weighted by atomic mass is 9.89. The fraction of sp³-hybridized carbons (Fsp3) is 0.273. The molecule has 0 N–H and O–H groups in total. The van der Waals surface area contributed by atoms with Gasteiger partial charge in [0.2, 0.25) is 6.79 Å². The highest BCUT2D eigenvalue weighted by atomic mass is 79.9. The van der Waals surface area contributed by atoms with E-state index in [0.29, 0.717) is 12.3 Å². The molecule has 0 fully saturated rings. The van der Waals surface area contributed by atoms with Gasteiger partial charge < -0.3 is 14.0 Å². The van der Waals surface area contributed by atoms with E-state index in [1.54, 1.807) is 12.3 Å². The molecule has 3 aromatic rings. The number of hydrogen-bond donors (Lipinski definition) is 0. The molecular weight excluding hydrogens is 530 g/mol. The van der Waals surface area contributed by atoms with E-state index in [-0.39, 0.29) is 28.4 Å². The van der Waals surface area contributed by atoms with Crippen molar-refractivity contribution in [1.29, 1.82) is 0 Å². The van der Waals surface area contributed by atoms with Gasteiger partial charge in [-0.3, -0.25) is 15.0 Å². The van der Waals surface area contributed by atoms with Crippen LogP contribution in [0.25, 0.3) is 0 Å². The molecule has 0 saturated heterocycles. The van der Waals surface area contributed by atoms with Gasteiger partial charge in [-0.2, -0.15) is 0 Å². The van der Waals surface area contributed by atoms with Crippen molar-refractivity contribution in [3.63, 3.8) is 0 Å². The topological polar surface area (TPSA) is 69.8 Å². The minimum absolute atomic E-state index is 0.0444. The number of aryl methyl sites for hydroxylation is 1. The number of halogens is 2. The summed E-state index contributed by atoms with van der Waals surface area (Å²) >= 11 is 7.37. The lowest BCUT2D eigenvalue weighted by molar-refractivity contribution is -0.384. The van der Waals surface area contributed by atoms with Gasteiger partial charge in [-0.25, -0.2) is 0 Å². The molecule has 2 atom stereocenters. The van der Waals surface area contributed by atoms with Crippen LogP contribution in [0.5, 0.6) is 11.5 Å². The van der Waals surface area contributed by atoms with E-state index in [9.17, 15) is 10.1 Å². The van der Waals surface area contributed by atoms with Crippen molar-refractivity contribution in [2.75, 3.05) is 6.79 Å². The minimum atomic E-state index is -0.350. The Kier molecular flexibility index (Phi) is 5.27. The maximum Gasteiger partial charge on any atom is 0.287 e. The molecule has 9 heteroatoms. The summed E-state index contributed by atoms with van der Waals surface area (Å²) in [6, 6.07) is 13.8. The number of aromatic nitrogens is 1. The molecule has 0 amide bonds. The molecule has 5 rings (SSSR count). The Morgan fingerprint density at radius 1 is 1.16 bits per heavy atom. The van der Waals surface area contributed by atoms with Gasteiger partial charge in [0.1, 0.15) is 0 Å². The Balaban J connectivity index is 1.64. The maximum absolute atomic E-state index is 11.4. The van der Waals surface area contributed by atoms with Crippen molar-refractivity contribution in [2.45, 2.75) is 24.0 Å². The molecule has 31 heavy (non-hydrogen) atoms. The molecule has 1 aromatic heterocycles. The molecular formula is C22H19Br2N3O4. The first kappa shape index (κ1) is 20.5. The zero-order chi connectivity index (χ0) is 21.7. The van der Waals surface area contributed by atoms with Gasteiger partial charge in [-0.15, -0.1) is 0 Å². The van der Waals surface area contributed by atoms with Crippen molar-refractivity contribution < 1.29 is 14.4 Å².